The van der Waals surface area contributed by atoms with Gasteiger partial charge in [-0.25, -0.2) is 4.39 Å². The first kappa shape index (κ1) is 10.5. The van der Waals surface area contributed by atoms with Crippen LogP contribution in [-0.4, -0.2) is 5.67 Å². The van der Waals surface area contributed by atoms with E-state index < -0.39 is 5.67 Å². The molecule has 13 heavy (non-hydrogen) atoms. The molecule has 1 heteroatoms. The second-order valence-electron chi connectivity index (χ2n) is 4.48. The minimum absolute atomic E-state index is 0.304. The van der Waals surface area contributed by atoms with Gasteiger partial charge in [-0.3, -0.25) is 0 Å². The van der Waals surface area contributed by atoms with Gasteiger partial charge in [0.2, 0.25) is 0 Å². The van der Waals surface area contributed by atoms with E-state index in [4.69, 9.17) is 0 Å². The van der Waals surface area contributed by atoms with Gasteiger partial charge >= 0.3 is 0 Å². The number of hydrogen-bond donors (Lipinski definition) is 0. The maximum absolute atomic E-state index is 14.1. The number of allylic oxidation sites excluding steroid dienone is 4. The molecule has 0 aliphatic heterocycles. The molecule has 0 aromatic heterocycles. The summed E-state index contributed by atoms with van der Waals surface area (Å²) in [7, 11) is 0. The first-order valence-corrected chi connectivity index (χ1v) is 4.93. The zero-order valence-electron chi connectivity index (χ0n) is 9.24. The van der Waals surface area contributed by atoms with Crippen molar-refractivity contribution in [1.82, 2.24) is 0 Å². The van der Waals surface area contributed by atoms with Crippen molar-refractivity contribution in [2.45, 2.75) is 46.7 Å². The molecule has 0 radical (unpaired) electrons. The van der Waals surface area contributed by atoms with Gasteiger partial charge in [0.15, 0.2) is 0 Å². The summed E-state index contributed by atoms with van der Waals surface area (Å²) in [6.45, 7) is 9.91. The molecule has 0 heterocycles. The second-order valence-corrected chi connectivity index (χ2v) is 4.48. The van der Waals surface area contributed by atoms with Crippen LogP contribution in [0.5, 0.6) is 0 Å². The summed E-state index contributed by atoms with van der Waals surface area (Å²) in [6, 6.07) is 0. The Bertz CT molecular complexity index is 267. The van der Waals surface area contributed by atoms with Crippen LogP contribution in [-0.2, 0) is 0 Å². The Kier molecular flexibility index (Phi) is 2.65. The molecule has 0 bridgehead atoms. The molecule has 0 spiro atoms. The number of rotatable bonds is 1. The molecule has 0 fully saturated rings. The molecule has 1 aliphatic carbocycles. The third kappa shape index (κ3) is 1.84. The average molecular weight is 182 g/mol. The highest BCUT2D eigenvalue weighted by Gasteiger charge is 2.33. The van der Waals surface area contributed by atoms with Gasteiger partial charge in [-0.05, 0) is 37.8 Å². The number of halogens is 1. The van der Waals surface area contributed by atoms with Gasteiger partial charge in [0.1, 0.15) is 5.67 Å². The molecule has 1 aliphatic rings. The lowest BCUT2D eigenvalue weighted by Gasteiger charge is -2.32. The van der Waals surface area contributed by atoms with Gasteiger partial charge in [-0.2, -0.15) is 0 Å². The van der Waals surface area contributed by atoms with Gasteiger partial charge in [0.25, 0.3) is 0 Å². The van der Waals surface area contributed by atoms with E-state index in [9.17, 15) is 4.39 Å². The van der Waals surface area contributed by atoms with Crippen molar-refractivity contribution in [3.05, 3.63) is 22.8 Å². The third-order valence-corrected chi connectivity index (χ3v) is 2.93. The maximum atomic E-state index is 14.1. The Balaban J connectivity index is 3.18. The van der Waals surface area contributed by atoms with Crippen molar-refractivity contribution < 1.29 is 4.39 Å². The van der Waals surface area contributed by atoms with Gasteiger partial charge in [-0.1, -0.05) is 25.5 Å². The smallest absolute Gasteiger partial charge is 0.133 e. The molecule has 0 nitrogen and oxygen atoms in total. The van der Waals surface area contributed by atoms with Crippen molar-refractivity contribution >= 4 is 0 Å². The SMILES string of the molecule is CC1=CCC(C)(F)C(C(C)C)=C1C. The zero-order chi connectivity index (χ0) is 10.2. The highest BCUT2D eigenvalue weighted by atomic mass is 19.1. The van der Waals surface area contributed by atoms with E-state index in [1.165, 1.54) is 5.57 Å². The Morgan fingerprint density at radius 1 is 1.38 bits per heavy atom. The molecule has 0 saturated heterocycles. The van der Waals surface area contributed by atoms with Crippen molar-refractivity contribution in [1.29, 1.82) is 0 Å². The van der Waals surface area contributed by atoms with E-state index in [2.05, 4.69) is 20.8 Å². The van der Waals surface area contributed by atoms with E-state index in [0.717, 1.165) is 11.1 Å². The largest absolute Gasteiger partial charge is 0.239 e. The molecular weight excluding hydrogens is 163 g/mol. The molecule has 0 N–H and O–H groups in total. The summed E-state index contributed by atoms with van der Waals surface area (Å²) < 4.78 is 14.1. The van der Waals surface area contributed by atoms with E-state index in [1.807, 2.05) is 13.0 Å². The first-order chi connectivity index (χ1) is 5.86. The van der Waals surface area contributed by atoms with Crippen LogP contribution in [0.3, 0.4) is 0 Å². The predicted octanol–water partition coefficient (Wildman–Crippen LogP) is 4.04. The van der Waals surface area contributed by atoms with Crippen molar-refractivity contribution in [3.8, 4) is 0 Å². The Morgan fingerprint density at radius 2 is 1.92 bits per heavy atom. The molecule has 0 amide bonds. The standard InChI is InChI=1S/C12H19F/c1-8(2)11-10(4)9(3)6-7-12(11,5)13/h6,8H,7H2,1-5H3. The highest BCUT2D eigenvalue weighted by molar-refractivity contribution is 5.41. The van der Waals surface area contributed by atoms with E-state index in [0.29, 0.717) is 12.3 Å². The normalized spacial score (nSPS) is 29.6. The monoisotopic (exact) mass is 182 g/mol. The summed E-state index contributed by atoms with van der Waals surface area (Å²) in [5, 5.41) is 0. The fraction of sp³-hybridized carbons (Fsp3) is 0.667. The van der Waals surface area contributed by atoms with Gasteiger partial charge in [0.05, 0.1) is 0 Å². The maximum Gasteiger partial charge on any atom is 0.133 e. The van der Waals surface area contributed by atoms with Gasteiger partial charge in [-0.15, -0.1) is 0 Å². The molecule has 1 rings (SSSR count). The van der Waals surface area contributed by atoms with Crippen molar-refractivity contribution in [2.24, 2.45) is 5.92 Å². The Morgan fingerprint density at radius 3 is 2.31 bits per heavy atom. The summed E-state index contributed by atoms with van der Waals surface area (Å²) in [4.78, 5) is 0. The molecule has 1 atom stereocenters. The Hall–Kier alpha value is -0.590. The molecular formula is C12H19F. The Labute approximate surface area is 80.5 Å². The summed E-state index contributed by atoms with van der Waals surface area (Å²) in [5.74, 6) is 0.304. The highest BCUT2D eigenvalue weighted by Crippen LogP contribution is 2.39. The van der Waals surface area contributed by atoms with E-state index in [-0.39, 0.29) is 0 Å². The van der Waals surface area contributed by atoms with Crippen molar-refractivity contribution in [2.75, 3.05) is 0 Å². The fourth-order valence-electron chi connectivity index (χ4n) is 2.25. The average Bonchev–Trinajstić information content (AvgIpc) is 1.96. The number of alkyl halides is 1. The van der Waals surface area contributed by atoms with Crippen LogP contribution in [0.4, 0.5) is 4.39 Å². The molecule has 0 aromatic carbocycles. The molecule has 1 unspecified atom stereocenters. The number of hydrogen-bond acceptors (Lipinski definition) is 0. The second kappa shape index (κ2) is 3.28. The minimum Gasteiger partial charge on any atom is -0.239 e. The third-order valence-electron chi connectivity index (χ3n) is 2.93. The summed E-state index contributed by atoms with van der Waals surface area (Å²) in [6.07, 6.45) is 2.53. The van der Waals surface area contributed by atoms with Crippen LogP contribution >= 0.6 is 0 Å². The van der Waals surface area contributed by atoms with Crippen LogP contribution in [0.25, 0.3) is 0 Å². The summed E-state index contributed by atoms with van der Waals surface area (Å²) >= 11 is 0. The van der Waals surface area contributed by atoms with Crippen molar-refractivity contribution in [3.63, 3.8) is 0 Å². The topological polar surface area (TPSA) is 0 Å². The minimum atomic E-state index is -1.13. The quantitative estimate of drug-likeness (QED) is 0.574. The molecule has 0 aromatic rings. The first-order valence-electron chi connectivity index (χ1n) is 4.93. The summed E-state index contributed by atoms with van der Waals surface area (Å²) in [5.41, 5.74) is 2.23. The van der Waals surface area contributed by atoms with Gasteiger partial charge < -0.3 is 0 Å². The van der Waals surface area contributed by atoms with Gasteiger partial charge in [0, 0.05) is 6.42 Å². The molecule has 74 valence electrons. The van der Waals surface area contributed by atoms with E-state index in [1.54, 1.807) is 6.92 Å². The lowest BCUT2D eigenvalue weighted by molar-refractivity contribution is 0.221. The lowest BCUT2D eigenvalue weighted by atomic mass is 9.77. The van der Waals surface area contributed by atoms with Crippen LogP contribution in [0.1, 0.15) is 41.0 Å². The zero-order valence-corrected chi connectivity index (χ0v) is 9.24. The van der Waals surface area contributed by atoms with Crippen LogP contribution < -0.4 is 0 Å². The van der Waals surface area contributed by atoms with E-state index >= 15 is 0 Å². The van der Waals surface area contributed by atoms with Crippen LogP contribution in [0, 0.1) is 5.92 Å². The van der Waals surface area contributed by atoms with Crippen LogP contribution in [0.15, 0.2) is 22.8 Å². The van der Waals surface area contributed by atoms with Crippen LogP contribution in [0.2, 0.25) is 0 Å². The molecule has 0 saturated carbocycles. The predicted molar refractivity (Wildman–Crippen MR) is 55.4 cm³/mol. The lowest BCUT2D eigenvalue weighted by Crippen LogP contribution is -2.27. The fourth-order valence-corrected chi connectivity index (χ4v) is 2.25.